The quantitative estimate of drug-likeness (QED) is 0.578. The standard InChI is InChI=1S/C16H18O6/c1-11(2)14(18)7-9-21-15(19)12-3-5-13(6-4-12)16(20)22-10-8-17/h3-6,17H,1,7-10H2,2H3. The van der Waals surface area contributed by atoms with Crippen LogP contribution in [0.25, 0.3) is 0 Å². The molecule has 0 amide bonds. The molecule has 0 aromatic heterocycles. The SMILES string of the molecule is C=C(C)C(=O)CCOC(=O)c1ccc(C(=O)OCCO)cc1. The van der Waals surface area contributed by atoms with Gasteiger partial charge in [0.1, 0.15) is 6.61 Å². The Morgan fingerprint density at radius 3 is 1.86 bits per heavy atom. The van der Waals surface area contributed by atoms with E-state index in [1.807, 2.05) is 0 Å². The third-order valence-electron chi connectivity index (χ3n) is 2.72. The minimum atomic E-state index is -0.582. The van der Waals surface area contributed by atoms with Crippen LogP contribution >= 0.6 is 0 Å². The number of aliphatic hydroxyl groups excluding tert-OH is 1. The zero-order valence-electron chi connectivity index (χ0n) is 12.3. The van der Waals surface area contributed by atoms with Crippen molar-refractivity contribution < 1.29 is 29.0 Å². The lowest BCUT2D eigenvalue weighted by Gasteiger charge is -2.06. The maximum Gasteiger partial charge on any atom is 0.338 e. The number of carbonyl (C=O) groups is 3. The summed E-state index contributed by atoms with van der Waals surface area (Å²) >= 11 is 0. The fraction of sp³-hybridized carbons (Fsp3) is 0.312. The Balaban J connectivity index is 2.52. The van der Waals surface area contributed by atoms with Gasteiger partial charge in [0.2, 0.25) is 0 Å². The Bertz CT molecular complexity index is 559. The first kappa shape index (κ1) is 17.6. The van der Waals surface area contributed by atoms with Gasteiger partial charge >= 0.3 is 11.9 Å². The normalized spacial score (nSPS) is 9.91. The van der Waals surface area contributed by atoms with Crippen LogP contribution in [0.2, 0.25) is 0 Å². The van der Waals surface area contributed by atoms with E-state index in [-0.39, 0.29) is 43.2 Å². The molecule has 0 radical (unpaired) electrons. The monoisotopic (exact) mass is 306 g/mol. The van der Waals surface area contributed by atoms with Gasteiger partial charge in [-0.25, -0.2) is 9.59 Å². The molecule has 6 nitrogen and oxygen atoms in total. The van der Waals surface area contributed by atoms with Crippen molar-refractivity contribution >= 4 is 17.7 Å². The zero-order valence-corrected chi connectivity index (χ0v) is 12.3. The van der Waals surface area contributed by atoms with Crippen LogP contribution in [0.5, 0.6) is 0 Å². The van der Waals surface area contributed by atoms with Crippen LogP contribution in [-0.2, 0) is 14.3 Å². The van der Waals surface area contributed by atoms with E-state index in [0.717, 1.165) is 0 Å². The Hall–Kier alpha value is -2.47. The molecule has 0 heterocycles. The number of Topliss-reactive ketones (excluding diaryl/α,β-unsaturated/α-hetero) is 1. The fourth-order valence-corrected chi connectivity index (χ4v) is 1.50. The number of aliphatic hydroxyl groups is 1. The summed E-state index contributed by atoms with van der Waals surface area (Å²) in [6, 6.07) is 5.71. The van der Waals surface area contributed by atoms with Crippen molar-refractivity contribution in [1.82, 2.24) is 0 Å². The van der Waals surface area contributed by atoms with Gasteiger partial charge in [-0.2, -0.15) is 0 Å². The molecule has 0 saturated carbocycles. The lowest BCUT2D eigenvalue weighted by atomic mass is 10.1. The van der Waals surface area contributed by atoms with Gasteiger partial charge in [0.05, 0.1) is 24.3 Å². The van der Waals surface area contributed by atoms with Crippen molar-refractivity contribution in [3.63, 3.8) is 0 Å². The largest absolute Gasteiger partial charge is 0.462 e. The molecule has 0 aliphatic carbocycles. The first-order valence-corrected chi connectivity index (χ1v) is 6.69. The molecule has 0 unspecified atom stereocenters. The molecule has 0 atom stereocenters. The van der Waals surface area contributed by atoms with E-state index in [0.29, 0.717) is 5.57 Å². The van der Waals surface area contributed by atoms with Crippen LogP contribution in [0.1, 0.15) is 34.1 Å². The summed E-state index contributed by atoms with van der Waals surface area (Å²) in [5.41, 5.74) is 0.950. The molecule has 1 N–H and O–H groups in total. The maximum atomic E-state index is 11.7. The van der Waals surface area contributed by atoms with Gasteiger partial charge < -0.3 is 14.6 Å². The number of hydrogen-bond donors (Lipinski definition) is 1. The molecule has 0 aliphatic rings. The Morgan fingerprint density at radius 1 is 1.00 bits per heavy atom. The average molecular weight is 306 g/mol. The van der Waals surface area contributed by atoms with Gasteiger partial charge in [-0.3, -0.25) is 4.79 Å². The summed E-state index contributed by atoms with van der Waals surface area (Å²) in [7, 11) is 0. The highest BCUT2D eigenvalue weighted by molar-refractivity contribution is 5.95. The van der Waals surface area contributed by atoms with Gasteiger partial charge in [-0.05, 0) is 36.8 Å². The van der Waals surface area contributed by atoms with Crippen LogP contribution in [-0.4, -0.2) is 42.6 Å². The zero-order chi connectivity index (χ0) is 16.5. The number of ether oxygens (including phenoxy) is 2. The second-order valence-corrected chi connectivity index (χ2v) is 4.53. The Labute approximate surface area is 128 Å². The van der Waals surface area contributed by atoms with Gasteiger partial charge in [0.15, 0.2) is 5.78 Å². The number of allylic oxidation sites excluding steroid dienone is 1. The number of hydrogen-bond acceptors (Lipinski definition) is 6. The highest BCUT2D eigenvalue weighted by Crippen LogP contribution is 2.08. The van der Waals surface area contributed by atoms with Gasteiger partial charge in [-0.15, -0.1) is 0 Å². The highest BCUT2D eigenvalue weighted by atomic mass is 16.5. The number of carbonyl (C=O) groups excluding carboxylic acids is 3. The molecule has 118 valence electrons. The van der Waals surface area contributed by atoms with Gasteiger partial charge in [-0.1, -0.05) is 6.58 Å². The van der Waals surface area contributed by atoms with Crippen molar-refractivity contribution in [3.8, 4) is 0 Å². The van der Waals surface area contributed by atoms with E-state index in [1.165, 1.54) is 24.3 Å². The molecule has 0 saturated heterocycles. The van der Waals surface area contributed by atoms with Crippen molar-refractivity contribution in [2.45, 2.75) is 13.3 Å². The summed E-state index contributed by atoms with van der Waals surface area (Å²) in [5, 5.41) is 8.57. The molecule has 0 bridgehead atoms. The van der Waals surface area contributed by atoms with E-state index in [9.17, 15) is 14.4 Å². The van der Waals surface area contributed by atoms with Crippen LogP contribution < -0.4 is 0 Å². The summed E-state index contributed by atoms with van der Waals surface area (Å²) in [4.78, 5) is 34.6. The molecule has 0 fully saturated rings. The van der Waals surface area contributed by atoms with Crippen molar-refractivity contribution in [1.29, 1.82) is 0 Å². The summed E-state index contributed by atoms with van der Waals surface area (Å²) in [5.74, 6) is -1.32. The van der Waals surface area contributed by atoms with Crippen LogP contribution in [0.15, 0.2) is 36.4 Å². The predicted molar refractivity (Wildman–Crippen MR) is 78.5 cm³/mol. The molecular weight excluding hydrogens is 288 g/mol. The van der Waals surface area contributed by atoms with Gasteiger partial charge in [0, 0.05) is 6.42 Å². The first-order chi connectivity index (χ1) is 10.5. The molecule has 0 aliphatic heterocycles. The lowest BCUT2D eigenvalue weighted by Crippen LogP contribution is -2.11. The third-order valence-corrected chi connectivity index (χ3v) is 2.72. The molecule has 1 aromatic carbocycles. The van der Waals surface area contributed by atoms with Crippen molar-refractivity contribution in [2.75, 3.05) is 19.8 Å². The molecule has 6 heteroatoms. The minimum absolute atomic E-state index is 0.0230. The third kappa shape index (κ3) is 5.49. The fourth-order valence-electron chi connectivity index (χ4n) is 1.50. The second-order valence-electron chi connectivity index (χ2n) is 4.53. The van der Waals surface area contributed by atoms with Crippen LogP contribution in [0.3, 0.4) is 0 Å². The minimum Gasteiger partial charge on any atom is -0.462 e. The van der Waals surface area contributed by atoms with E-state index in [1.54, 1.807) is 6.92 Å². The van der Waals surface area contributed by atoms with Crippen LogP contribution in [0, 0.1) is 0 Å². The number of benzene rings is 1. The van der Waals surface area contributed by atoms with Crippen molar-refractivity contribution in [2.24, 2.45) is 0 Å². The summed E-state index contributed by atoms with van der Waals surface area (Å²) < 4.78 is 9.70. The number of rotatable bonds is 8. The molecular formula is C16H18O6. The molecule has 0 spiro atoms. The maximum absolute atomic E-state index is 11.7. The topological polar surface area (TPSA) is 89.9 Å². The Kier molecular flexibility index (Phi) is 6.98. The van der Waals surface area contributed by atoms with E-state index in [2.05, 4.69) is 6.58 Å². The van der Waals surface area contributed by atoms with Crippen LogP contribution in [0.4, 0.5) is 0 Å². The summed E-state index contributed by atoms with van der Waals surface area (Å²) in [6.07, 6.45) is 0.0899. The lowest BCUT2D eigenvalue weighted by molar-refractivity contribution is -0.116. The highest BCUT2D eigenvalue weighted by Gasteiger charge is 2.11. The molecule has 1 aromatic rings. The van der Waals surface area contributed by atoms with E-state index >= 15 is 0 Å². The molecule has 1 rings (SSSR count). The van der Waals surface area contributed by atoms with Gasteiger partial charge in [0.25, 0.3) is 0 Å². The number of ketones is 1. The summed E-state index contributed by atoms with van der Waals surface area (Å²) in [6.45, 7) is 4.75. The predicted octanol–water partition coefficient (Wildman–Crippen LogP) is 1.53. The first-order valence-electron chi connectivity index (χ1n) is 6.69. The average Bonchev–Trinajstić information content (AvgIpc) is 2.52. The second kappa shape index (κ2) is 8.74. The molecule has 22 heavy (non-hydrogen) atoms. The van der Waals surface area contributed by atoms with Crippen molar-refractivity contribution in [3.05, 3.63) is 47.5 Å². The Morgan fingerprint density at radius 2 is 1.45 bits per heavy atom. The van der Waals surface area contributed by atoms with E-state index in [4.69, 9.17) is 14.6 Å². The number of esters is 2. The van der Waals surface area contributed by atoms with E-state index < -0.39 is 11.9 Å². The smallest absolute Gasteiger partial charge is 0.338 e.